The Morgan fingerprint density at radius 2 is 1.50 bits per heavy atom. The van der Waals surface area contributed by atoms with Gasteiger partial charge in [0.25, 0.3) is 0 Å². The van der Waals surface area contributed by atoms with E-state index in [1.807, 2.05) is 22.7 Å². The van der Waals surface area contributed by atoms with E-state index in [0.29, 0.717) is 0 Å². The van der Waals surface area contributed by atoms with Gasteiger partial charge in [-0.2, -0.15) is 0 Å². The van der Waals surface area contributed by atoms with Crippen LogP contribution in [-0.2, 0) is 6.42 Å². The van der Waals surface area contributed by atoms with Crippen LogP contribution in [0.3, 0.4) is 0 Å². The van der Waals surface area contributed by atoms with Crippen LogP contribution < -0.4 is 0 Å². The Labute approximate surface area is 132 Å². The molecule has 0 N–H and O–H groups in total. The van der Waals surface area contributed by atoms with Gasteiger partial charge in [-0.25, -0.2) is 0 Å². The maximum absolute atomic E-state index is 2.42. The molecule has 0 aromatic carbocycles. The zero-order valence-corrected chi connectivity index (χ0v) is 14.8. The molecule has 0 radical (unpaired) electrons. The maximum atomic E-state index is 2.42. The molecule has 0 bridgehead atoms. The fourth-order valence-electron chi connectivity index (χ4n) is 2.69. The van der Waals surface area contributed by atoms with Crippen molar-refractivity contribution in [2.45, 2.75) is 72.1 Å². The van der Waals surface area contributed by atoms with Crippen LogP contribution >= 0.6 is 22.7 Å². The van der Waals surface area contributed by atoms with E-state index in [2.05, 4.69) is 32.9 Å². The second-order valence-electron chi connectivity index (χ2n) is 6.35. The summed E-state index contributed by atoms with van der Waals surface area (Å²) in [6.07, 6.45) is 11.2. The Balaban J connectivity index is 1.55. The van der Waals surface area contributed by atoms with Crippen molar-refractivity contribution in [3.05, 3.63) is 21.9 Å². The van der Waals surface area contributed by atoms with E-state index in [0.717, 1.165) is 5.92 Å². The molecule has 0 spiro atoms. The van der Waals surface area contributed by atoms with E-state index in [4.69, 9.17) is 0 Å². The molecule has 2 aromatic rings. The lowest BCUT2D eigenvalue weighted by Gasteiger charge is -2.04. The second-order valence-corrected chi connectivity index (χ2v) is 8.81. The molecule has 0 aliphatic heterocycles. The smallest absolute Gasteiger partial charge is 0.0456 e. The molecule has 0 aliphatic carbocycles. The first-order valence-electron chi connectivity index (χ1n) is 8.14. The van der Waals surface area contributed by atoms with Crippen molar-refractivity contribution < 1.29 is 0 Å². The predicted octanol–water partition coefficient (Wildman–Crippen LogP) is 7.20. The molecule has 112 valence electrons. The van der Waals surface area contributed by atoms with E-state index in [1.54, 1.807) is 4.88 Å². The fourth-order valence-corrected chi connectivity index (χ4v) is 5.07. The van der Waals surface area contributed by atoms with E-state index in [1.165, 1.54) is 65.6 Å². The standard InChI is InChI=1S/C18H28S2/c1-14(2)10-8-6-4-5-7-9-11-16-13-18-17(20-16)12-15(3)19-18/h12-14H,4-11H2,1-3H3. The highest BCUT2D eigenvalue weighted by Gasteiger charge is 2.04. The lowest BCUT2D eigenvalue weighted by Crippen LogP contribution is -1.87. The molecule has 0 saturated carbocycles. The molecule has 0 aliphatic rings. The van der Waals surface area contributed by atoms with Gasteiger partial charge in [-0.1, -0.05) is 52.4 Å². The molecule has 0 unspecified atom stereocenters. The van der Waals surface area contributed by atoms with E-state index in [-0.39, 0.29) is 0 Å². The predicted molar refractivity (Wildman–Crippen MR) is 95.3 cm³/mol. The van der Waals surface area contributed by atoms with Crippen molar-refractivity contribution in [2.24, 2.45) is 5.92 Å². The van der Waals surface area contributed by atoms with Crippen LogP contribution in [0.25, 0.3) is 9.40 Å². The highest BCUT2D eigenvalue weighted by molar-refractivity contribution is 7.27. The molecule has 0 fully saturated rings. The van der Waals surface area contributed by atoms with Gasteiger partial charge in [-0.05, 0) is 37.8 Å². The van der Waals surface area contributed by atoms with Crippen LogP contribution in [-0.4, -0.2) is 0 Å². The van der Waals surface area contributed by atoms with Crippen LogP contribution in [0.5, 0.6) is 0 Å². The summed E-state index contributed by atoms with van der Waals surface area (Å²) in [5, 5.41) is 0. The minimum atomic E-state index is 0.881. The Morgan fingerprint density at radius 1 is 0.850 bits per heavy atom. The third kappa shape index (κ3) is 5.21. The lowest BCUT2D eigenvalue weighted by atomic mass is 10.0. The van der Waals surface area contributed by atoms with Gasteiger partial charge in [0.05, 0.1) is 0 Å². The van der Waals surface area contributed by atoms with Crippen LogP contribution in [0, 0.1) is 12.8 Å². The number of thiophene rings is 2. The van der Waals surface area contributed by atoms with Gasteiger partial charge in [0, 0.05) is 19.2 Å². The number of fused-ring (bicyclic) bond motifs is 1. The van der Waals surface area contributed by atoms with Crippen LogP contribution in [0.2, 0.25) is 0 Å². The van der Waals surface area contributed by atoms with Crippen LogP contribution in [0.4, 0.5) is 0 Å². The molecular weight excluding hydrogens is 280 g/mol. The summed E-state index contributed by atoms with van der Waals surface area (Å²) in [6.45, 7) is 6.86. The quantitative estimate of drug-likeness (QED) is 0.430. The molecule has 0 nitrogen and oxygen atoms in total. The van der Waals surface area contributed by atoms with Crippen molar-refractivity contribution in [2.75, 3.05) is 0 Å². The summed E-state index contributed by atoms with van der Waals surface area (Å²) in [5.74, 6) is 0.881. The fraction of sp³-hybridized carbons (Fsp3) is 0.667. The van der Waals surface area contributed by atoms with Gasteiger partial charge >= 0.3 is 0 Å². The third-order valence-electron chi connectivity index (χ3n) is 3.84. The number of hydrogen-bond donors (Lipinski definition) is 0. The molecule has 0 amide bonds. The summed E-state index contributed by atoms with van der Waals surface area (Å²) >= 11 is 3.94. The SMILES string of the molecule is Cc1cc2sc(CCCCCCCCC(C)C)cc2s1. The van der Waals surface area contributed by atoms with Gasteiger partial charge in [-0.15, -0.1) is 22.7 Å². The number of rotatable bonds is 9. The van der Waals surface area contributed by atoms with Crippen LogP contribution in [0.15, 0.2) is 12.1 Å². The summed E-state index contributed by atoms with van der Waals surface area (Å²) in [7, 11) is 0. The van der Waals surface area contributed by atoms with E-state index < -0.39 is 0 Å². The Morgan fingerprint density at radius 3 is 2.20 bits per heavy atom. The van der Waals surface area contributed by atoms with Crippen molar-refractivity contribution in [1.82, 2.24) is 0 Å². The minimum absolute atomic E-state index is 0.881. The molecule has 0 atom stereocenters. The molecule has 20 heavy (non-hydrogen) atoms. The monoisotopic (exact) mass is 308 g/mol. The third-order valence-corrected chi connectivity index (χ3v) is 6.10. The molecule has 2 heterocycles. The summed E-state index contributed by atoms with van der Waals surface area (Å²) in [5.41, 5.74) is 0. The second kappa shape index (κ2) is 8.19. The van der Waals surface area contributed by atoms with Gasteiger partial charge in [0.1, 0.15) is 0 Å². The Kier molecular flexibility index (Phi) is 6.57. The maximum Gasteiger partial charge on any atom is 0.0456 e. The van der Waals surface area contributed by atoms with Gasteiger partial charge in [0.15, 0.2) is 0 Å². The minimum Gasteiger partial charge on any atom is -0.140 e. The van der Waals surface area contributed by atoms with Crippen molar-refractivity contribution in [3.63, 3.8) is 0 Å². The van der Waals surface area contributed by atoms with E-state index in [9.17, 15) is 0 Å². The molecule has 2 aromatic heterocycles. The normalized spacial score (nSPS) is 11.8. The number of unbranched alkanes of at least 4 members (excludes halogenated alkanes) is 5. The molecule has 2 rings (SSSR count). The highest BCUT2D eigenvalue weighted by Crippen LogP contribution is 2.33. The zero-order valence-electron chi connectivity index (χ0n) is 13.2. The van der Waals surface area contributed by atoms with E-state index >= 15 is 0 Å². The molecule has 0 saturated heterocycles. The number of aryl methyl sites for hydroxylation is 2. The van der Waals surface area contributed by atoms with Crippen molar-refractivity contribution >= 4 is 32.1 Å². The highest BCUT2D eigenvalue weighted by atomic mass is 32.1. The van der Waals surface area contributed by atoms with Crippen molar-refractivity contribution in [1.29, 1.82) is 0 Å². The first-order chi connectivity index (χ1) is 9.65. The first-order valence-corrected chi connectivity index (χ1v) is 9.77. The summed E-state index contributed by atoms with van der Waals surface area (Å²) in [4.78, 5) is 3.03. The summed E-state index contributed by atoms with van der Waals surface area (Å²) in [6, 6.07) is 4.75. The van der Waals surface area contributed by atoms with Gasteiger partial charge in [-0.3, -0.25) is 0 Å². The average Bonchev–Trinajstić information content (AvgIpc) is 2.88. The number of hydrogen-bond acceptors (Lipinski definition) is 2. The Bertz CT molecular complexity index is 473. The van der Waals surface area contributed by atoms with Crippen molar-refractivity contribution in [3.8, 4) is 0 Å². The first kappa shape index (κ1) is 16.0. The van der Waals surface area contributed by atoms with Crippen LogP contribution in [0.1, 0.15) is 68.5 Å². The molecule has 2 heteroatoms. The lowest BCUT2D eigenvalue weighted by molar-refractivity contribution is 0.512. The average molecular weight is 309 g/mol. The molecular formula is C18H28S2. The van der Waals surface area contributed by atoms with Gasteiger partial charge < -0.3 is 0 Å². The topological polar surface area (TPSA) is 0 Å². The van der Waals surface area contributed by atoms with Gasteiger partial charge in [0.2, 0.25) is 0 Å². The Hall–Kier alpha value is -0.340. The summed E-state index contributed by atoms with van der Waals surface area (Å²) < 4.78 is 2.99. The largest absolute Gasteiger partial charge is 0.140 e. The zero-order chi connectivity index (χ0) is 14.4.